The van der Waals surface area contributed by atoms with Gasteiger partial charge in [0.25, 0.3) is 0 Å². The van der Waals surface area contributed by atoms with Crippen molar-refractivity contribution in [3.05, 3.63) is 0 Å². The van der Waals surface area contributed by atoms with Crippen molar-refractivity contribution >= 4 is 0 Å². The SMILES string of the molecule is CC(C)(C)OCC1(CN2C3CCC2COC3)CCC1. The second-order valence-corrected chi connectivity index (χ2v) is 7.85. The number of ether oxygens (including phenoxy) is 2. The Labute approximate surface area is 117 Å². The van der Waals surface area contributed by atoms with Crippen molar-refractivity contribution in [1.82, 2.24) is 4.90 Å². The van der Waals surface area contributed by atoms with Gasteiger partial charge < -0.3 is 9.47 Å². The Morgan fingerprint density at radius 1 is 1.16 bits per heavy atom. The minimum Gasteiger partial charge on any atom is -0.378 e. The van der Waals surface area contributed by atoms with Gasteiger partial charge in [0.2, 0.25) is 0 Å². The largest absolute Gasteiger partial charge is 0.378 e. The first-order valence-corrected chi connectivity index (χ1v) is 7.95. The maximum absolute atomic E-state index is 6.11. The van der Waals surface area contributed by atoms with Crippen LogP contribution >= 0.6 is 0 Å². The molecule has 3 rings (SSSR count). The van der Waals surface area contributed by atoms with Crippen LogP contribution in [0.1, 0.15) is 52.9 Å². The van der Waals surface area contributed by atoms with Crippen molar-refractivity contribution in [3.63, 3.8) is 0 Å². The molecule has 2 bridgehead atoms. The molecule has 3 nitrogen and oxygen atoms in total. The summed E-state index contributed by atoms with van der Waals surface area (Å²) in [6.07, 6.45) is 6.74. The molecule has 2 atom stereocenters. The van der Waals surface area contributed by atoms with Crippen LogP contribution in [0.5, 0.6) is 0 Å². The second-order valence-electron chi connectivity index (χ2n) is 7.85. The molecular weight excluding hydrogens is 238 g/mol. The van der Waals surface area contributed by atoms with Gasteiger partial charge in [0, 0.05) is 24.0 Å². The summed E-state index contributed by atoms with van der Waals surface area (Å²) in [5.74, 6) is 0. The maximum atomic E-state index is 6.11. The maximum Gasteiger partial charge on any atom is 0.0622 e. The summed E-state index contributed by atoms with van der Waals surface area (Å²) in [5, 5.41) is 0. The van der Waals surface area contributed by atoms with Gasteiger partial charge in [-0.15, -0.1) is 0 Å². The predicted octanol–water partition coefficient (Wildman–Crippen LogP) is 2.84. The smallest absolute Gasteiger partial charge is 0.0622 e. The molecule has 3 aliphatic rings. The molecule has 1 saturated carbocycles. The molecule has 0 N–H and O–H groups in total. The van der Waals surface area contributed by atoms with Crippen molar-refractivity contribution in [2.24, 2.45) is 5.41 Å². The summed E-state index contributed by atoms with van der Waals surface area (Å²) in [7, 11) is 0. The van der Waals surface area contributed by atoms with Crippen molar-refractivity contribution in [3.8, 4) is 0 Å². The molecule has 1 aliphatic carbocycles. The van der Waals surface area contributed by atoms with E-state index in [1.165, 1.54) is 38.6 Å². The van der Waals surface area contributed by atoms with Crippen LogP contribution in [0.2, 0.25) is 0 Å². The second kappa shape index (κ2) is 5.01. The molecule has 0 aromatic rings. The van der Waals surface area contributed by atoms with E-state index < -0.39 is 0 Å². The summed E-state index contributed by atoms with van der Waals surface area (Å²) in [6, 6.07) is 1.37. The highest BCUT2D eigenvalue weighted by atomic mass is 16.5. The van der Waals surface area contributed by atoms with Crippen LogP contribution < -0.4 is 0 Å². The van der Waals surface area contributed by atoms with Crippen LogP contribution in [-0.2, 0) is 9.47 Å². The highest BCUT2D eigenvalue weighted by Gasteiger charge is 2.45. The lowest BCUT2D eigenvalue weighted by Crippen LogP contribution is -2.54. The van der Waals surface area contributed by atoms with Gasteiger partial charge in [-0.1, -0.05) is 6.42 Å². The highest BCUT2D eigenvalue weighted by Crippen LogP contribution is 2.45. The fraction of sp³-hybridized carbons (Fsp3) is 1.00. The van der Waals surface area contributed by atoms with E-state index in [1.807, 2.05) is 0 Å². The molecule has 0 spiro atoms. The summed E-state index contributed by atoms with van der Waals surface area (Å²) in [4.78, 5) is 2.74. The molecule has 0 aromatic heterocycles. The van der Waals surface area contributed by atoms with E-state index >= 15 is 0 Å². The van der Waals surface area contributed by atoms with E-state index in [-0.39, 0.29) is 5.60 Å². The lowest BCUT2D eigenvalue weighted by molar-refractivity contribution is -0.108. The normalized spacial score (nSPS) is 34.3. The molecule has 3 fully saturated rings. The predicted molar refractivity (Wildman–Crippen MR) is 76.3 cm³/mol. The molecule has 2 heterocycles. The molecule has 2 aliphatic heterocycles. The lowest BCUT2D eigenvalue weighted by Gasteiger charge is -2.48. The number of morpholine rings is 1. The summed E-state index contributed by atoms with van der Waals surface area (Å²) < 4.78 is 11.8. The van der Waals surface area contributed by atoms with Crippen LogP contribution in [-0.4, -0.2) is 49.0 Å². The molecule has 0 radical (unpaired) electrons. The van der Waals surface area contributed by atoms with Crippen LogP contribution in [0.15, 0.2) is 0 Å². The minimum atomic E-state index is -0.00736. The van der Waals surface area contributed by atoms with Gasteiger partial charge in [0.1, 0.15) is 0 Å². The lowest BCUT2D eigenvalue weighted by atomic mass is 9.68. The first-order chi connectivity index (χ1) is 8.98. The molecule has 19 heavy (non-hydrogen) atoms. The van der Waals surface area contributed by atoms with E-state index in [1.54, 1.807) is 0 Å². The van der Waals surface area contributed by atoms with E-state index in [0.29, 0.717) is 17.5 Å². The van der Waals surface area contributed by atoms with Crippen LogP contribution in [0, 0.1) is 5.41 Å². The number of rotatable bonds is 4. The zero-order chi connectivity index (χ0) is 13.5. The zero-order valence-electron chi connectivity index (χ0n) is 12.8. The summed E-state index contributed by atoms with van der Waals surface area (Å²) in [5.41, 5.74) is 0.429. The van der Waals surface area contributed by atoms with Crippen molar-refractivity contribution < 1.29 is 9.47 Å². The molecule has 2 saturated heterocycles. The Kier molecular flexibility index (Phi) is 3.65. The quantitative estimate of drug-likeness (QED) is 0.782. The van der Waals surface area contributed by atoms with Gasteiger partial charge in [-0.05, 0) is 46.5 Å². The Balaban J connectivity index is 1.60. The fourth-order valence-corrected chi connectivity index (χ4v) is 3.75. The first kappa shape index (κ1) is 13.8. The first-order valence-electron chi connectivity index (χ1n) is 7.95. The molecular formula is C16H29NO2. The Morgan fingerprint density at radius 2 is 1.79 bits per heavy atom. The molecule has 0 aromatic carbocycles. The van der Waals surface area contributed by atoms with Gasteiger partial charge in [0.15, 0.2) is 0 Å². The van der Waals surface area contributed by atoms with E-state index in [2.05, 4.69) is 25.7 Å². The van der Waals surface area contributed by atoms with E-state index in [4.69, 9.17) is 9.47 Å². The summed E-state index contributed by atoms with van der Waals surface area (Å²) in [6.45, 7) is 10.6. The van der Waals surface area contributed by atoms with Gasteiger partial charge in [-0.2, -0.15) is 0 Å². The van der Waals surface area contributed by atoms with Crippen molar-refractivity contribution in [2.75, 3.05) is 26.4 Å². The average Bonchev–Trinajstić information content (AvgIpc) is 2.52. The van der Waals surface area contributed by atoms with E-state index in [9.17, 15) is 0 Å². The molecule has 2 unspecified atom stereocenters. The van der Waals surface area contributed by atoms with E-state index in [0.717, 1.165) is 19.8 Å². The fourth-order valence-electron chi connectivity index (χ4n) is 3.75. The number of hydrogen-bond donors (Lipinski definition) is 0. The topological polar surface area (TPSA) is 21.7 Å². The number of fused-ring (bicyclic) bond motifs is 2. The van der Waals surface area contributed by atoms with Crippen LogP contribution in [0.3, 0.4) is 0 Å². The third-order valence-corrected chi connectivity index (χ3v) is 5.14. The number of hydrogen-bond acceptors (Lipinski definition) is 3. The van der Waals surface area contributed by atoms with Crippen molar-refractivity contribution in [2.45, 2.75) is 70.6 Å². The van der Waals surface area contributed by atoms with Crippen LogP contribution in [0.25, 0.3) is 0 Å². The number of nitrogens with zero attached hydrogens (tertiary/aromatic N) is 1. The molecule has 3 heteroatoms. The minimum absolute atomic E-state index is 0.00736. The van der Waals surface area contributed by atoms with Gasteiger partial charge in [-0.25, -0.2) is 0 Å². The standard InChI is InChI=1S/C16H29NO2/c1-15(2,3)19-12-16(7-4-8-16)11-17-13-5-6-14(17)10-18-9-13/h13-14H,4-12H2,1-3H3. The third kappa shape index (κ3) is 2.98. The summed E-state index contributed by atoms with van der Waals surface area (Å²) >= 11 is 0. The Hall–Kier alpha value is -0.120. The zero-order valence-corrected chi connectivity index (χ0v) is 12.8. The highest BCUT2D eigenvalue weighted by molar-refractivity contribution is 4.98. The molecule has 110 valence electrons. The Bertz CT molecular complexity index is 303. The van der Waals surface area contributed by atoms with Gasteiger partial charge >= 0.3 is 0 Å². The monoisotopic (exact) mass is 267 g/mol. The third-order valence-electron chi connectivity index (χ3n) is 5.14. The van der Waals surface area contributed by atoms with Gasteiger partial charge in [-0.3, -0.25) is 4.90 Å². The average molecular weight is 267 g/mol. The van der Waals surface area contributed by atoms with Crippen LogP contribution in [0.4, 0.5) is 0 Å². The Morgan fingerprint density at radius 3 is 2.26 bits per heavy atom. The van der Waals surface area contributed by atoms with Gasteiger partial charge in [0.05, 0.1) is 25.4 Å². The molecule has 0 amide bonds. The van der Waals surface area contributed by atoms with Crippen molar-refractivity contribution in [1.29, 1.82) is 0 Å².